The highest BCUT2D eigenvalue weighted by atomic mass is 19.1. The fraction of sp³-hybridized carbons (Fsp3) is 0.0278. The van der Waals surface area contributed by atoms with Crippen molar-refractivity contribution >= 4 is 22.8 Å². The quantitative estimate of drug-likeness (QED) is 0.156. The highest BCUT2D eigenvalue weighted by Crippen LogP contribution is 2.36. The Hall–Kier alpha value is -5.02. The van der Waals surface area contributed by atoms with E-state index in [2.05, 4.69) is 41.0 Å². The molecule has 0 saturated heterocycles. The van der Waals surface area contributed by atoms with Gasteiger partial charge in [-0.15, -0.1) is 0 Å². The van der Waals surface area contributed by atoms with Crippen LogP contribution in [0.5, 0.6) is 0 Å². The summed E-state index contributed by atoms with van der Waals surface area (Å²) in [5.74, 6) is -0.352. The first-order chi connectivity index (χ1) is 19.2. The molecule has 6 rings (SSSR count). The molecule has 0 saturated carbocycles. The number of fused-ring (bicyclic) bond motifs is 1. The van der Waals surface area contributed by atoms with E-state index in [0.717, 1.165) is 44.4 Å². The van der Waals surface area contributed by atoms with Crippen LogP contribution >= 0.6 is 0 Å². The second-order valence-corrected chi connectivity index (χ2v) is 9.50. The maximum Gasteiger partial charge on any atom is 0.185 e. The number of para-hydroxylation sites is 1. The molecular weight excluding hydrogens is 481 g/mol. The standard InChI is InChI=1S/C36H26FNO/c37-31-21-19-30(20-22-31)36-33(32-13-7-8-14-34(32)38(36)25-26-9-3-1-4-10-26)23-24-35(39)29-17-15-28(16-18-29)27-11-5-2-6-12-27/h1-24H,25H2/b24-23+. The molecule has 0 amide bonds. The molecule has 0 fully saturated rings. The molecule has 188 valence electrons. The summed E-state index contributed by atoms with van der Waals surface area (Å²) < 4.78 is 16.1. The molecule has 0 aliphatic carbocycles. The predicted molar refractivity (Wildman–Crippen MR) is 158 cm³/mol. The number of hydrogen-bond donors (Lipinski definition) is 0. The first-order valence-electron chi connectivity index (χ1n) is 13.0. The van der Waals surface area contributed by atoms with Gasteiger partial charge in [-0.05, 0) is 64.7 Å². The SMILES string of the molecule is O=C(/C=C/c1c(-c2ccc(F)cc2)n(Cc2ccccc2)c2ccccc12)c1ccc(-c2ccccc2)cc1. The van der Waals surface area contributed by atoms with Gasteiger partial charge in [-0.1, -0.05) is 103 Å². The lowest BCUT2D eigenvalue weighted by Gasteiger charge is -2.12. The molecule has 3 heteroatoms. The van der Waals surface area contributed by atoms with Gasteiger partial charge in [0.1, 0.15) is 5.82 Å². The van der Waals surface area contributed by atoms with Gasteiger partial charge in [0, 0.05) is 28.6 Å². The Bertz CT molecular complexity index is 1760. The maximum absolute atomic E-state index is 13.9. The molecule has 0 spiro atoms. The molecule has 1 heterocycles. The van der Waals surface area contributed by atoms with E-state index in [-0.39, 0.29) is 11.6 Å². The maximum atomic E-state index is 13.9. The van der Waals surface area contributed by atoms with Crippen molar-refractivity contribution in [2.45, 2.75) is 6.54 Å². The van der Waals surface area contributed by atoms with Crippen molar-refractivity contribution in [3.63, 3.8) is 0 Å². The van der Waals surface area contributed by atoms with Crippen LogP contribution < -0.4 is 0 Å². The average Bonchev–Trinajstić information content (AvgIpc) is 3.30. The third-order valence-electron chi connectivity index (χ3n) is 6.99. The van der Waals surface area contributed by atoms with E-state index >= 15 is 0 Å². The van der Waals surface area contributed by atoms with E-state index in [0.29, 0.717) is 12.1 Å². The Balaban J connectivity index is 1.42. The molecule has 0 N–H and O–H groups in total. The molecule has 6 aromatic rings. The summed E-state index contributed by atoms with van der Waals surface area (Å²) in [6, 6.07) is 42.8. The highest BCUT2D eigenvalue weighted by molar-refractivity contribution is 6.09. The molecule has 1 aromatic heterocycles. The van der Waals surface area contributed by atoms with Gasteiger partial charge in [0.25, 0.3) is 0 Å². The minimum absolute atomic E-state index is 0.0699. The Kier molecular flexibility index (Phi) is 6.71. The van der Waals surface area contributed by atoms with Crippen molar-refractivity contribution in [3.05, 3.63) is 162 Å². The van der Waals surface area contributed by atoms with Crippen LogP contribution in [0.15, 0.2) is 140 Å². The monoisotopic (exact) mass is 507 g/mol. The number of carbonyl (C=O) groups is 1. The topological polar surface area (TPSA) is 22.0 Å². The van der Waals surface area contributed by atoms with Gasteiger partial charge in [0.15, 0.2) is 5.78 Å². The van der Waals surface area contributed by atoms with Crippen molar-refractivity contribution in [2.24, 2.45) is 0 Å². The van der Waals surface area contributed by atoms with E-state index in [4.69, 9.17) is 0 Å². The summed E-state index contributed by atoms with van der Waals surface area (Å²) in [5, 5.41) is 1.04. The van der Waals surface area contributed by atoms with E-state index < -0.39 is 0 Å². The van der Waals surface area contributed by atoms with Crippen LogP contribution in [0.25, 0.3) is 39.4 Å². The van der Waals surface area contributed by atoms with Crippen molar-refractivity contribution in [3.8, 4) is 22.4 Å². The highest BCUT2D eigenvalue weighted by Gasteiger charge is 2.18. The molecule has 0 aliphatic rings. The number of nitrogens with zero attached hydrogens (tertiary/aromatic N) is 1. The molecule has 0 aliphatic heterocycles. The zero-order valence-corrected chi connectivity index (χ0v) is 21.3. The van der Waals surface area contributed by atoms with Crippen molar-refractivity contribution in [1.29, 1.82) is 0 Å². The zero-order valence-electron chi connectivity index (χ0n) is 21.3. The fourth-order valence-corrected chi connectivity index (χ4v) is 5.06. The second-order valence-electron chi connectivity index (χ2n) is 9.50. The molecule has 0 radical (unpaired) electrons. The van der Waals surface area contributed by atoms with Gasteiger partial charge < -0.3 is 4.57 Å². The van der Waals surface area contributed by atoms with Gasteiger partial charge >= 0.3 is 0 Å². The Morgan fingerprint density at radius 3 is 1.95 bits per heavy atom. The summed E-state index contributed by atoms with van der Waals surface area (Å²) in [6.07, 6.45) is 3.54. The lowest BCUT2D eigenvalue weighted by Crippen LogP contribution is -2.02. The summed E-state index contributed by atoms with van der Waals surface area (Å²) in [7, 11) is 0. The number of rotatable bonds is 7. The summed E-state index contributed by atoms with van der Waals surface area (Å²) in [4.78, 5) is 13.2. The van der Waals surface area contributed by atoms with E-state index in [1.54, 1.807) is 18.2 Å². The molecular formula is C36H26FNO. The van der Waals surface area contributed by atoms with Crippen LogP contribution in [0.2, 0.25) is 0 Å². The molecule has 0 bridgehead atoms. The summed E-state index contributed by atoms with van der Waals surface area (Å²) >= 11 is 0. The molecule has 39 heavy (non-hydrogen) atoms. The third-order valence-corrected chi connectivity index (χ3v) is 6.99. The van der Waals surface area contributed by atoms with Crippen LogP contribution in [0.1, 0.15) is 21.5 Å². The normalized spacial score (nSPS) is 11.3. The van der Waals surface area contributed by atoms with Crippen LogP contribution in [0.4, 0.5) is 4.39 Å². The van der Waals surface area contributed by atoms with Crippen LogP contribution in [-0.4, -0.2) is 10.4 Å². The van der Waals surface area contributed by atoms with Gasteiger partial charge in [0.05, 0.1) is 5.69 Å². The van der Waals surface area contributed by atoms with Gasteiger partial charge in [-0.25, -0.2) is 4.39 Å². The summed E-state index contributed by atoms with van der Waals surface area (Å²) in [5.41, 5.74) is 7.80. The van der Waals surface area contributed by atoms with E-state index in [1.807, 2.05) is 78.9 Å². The van der Waals surface area contributed by atoms with Crippen molar-refractivity contribution in [2.75, 3.05) is 0 Å². The van der Waals surface area contributed by atoms with Crippen LogP contribution in [-0.2, 0) is 6.54 Å². The van der Waals surface area contributed by atoms with Crippen molar-refractivity contribution in [1.82, 2.24) is 4.57 Å². The zero-order chi connectivity index (χ0) is 26.6. The largest absolute Gasteiger partial charge is 0.335 e. The van der Waals surface area contributed by atoms with Gasteiger partial charge in [0.2, 0.25) is 0 Å². The number of benzene rings is 5. The molecule has 5 aromatic carbocycles. The number of allylic oxidation sites excluding steroid dienone is 1. The smallest absolute Gasteiger partial charge is 0.185 e. The number of aromatic nitrogens is 1. The Morgan fingerprint density at radius 1 is 0.641 bits per heavy atom. The molecule has 2 nitrogen and oxygen atoms in total. The van der Waals surface area contributed by atoms with Crippen LogP contribution in [0, 0.1) is 5.82 Å². The minimum Gasteiger partial charge on any atom is -0.335 e. The summed E-state index contributed by atoms with van der Waals surface area (Å²) in [6.45, 7) is 0.650. The molecule has 0 unspecified atom stereocenters. The van der Waals surface area contributed by atoms with E-state index in [1.165, 1.54) is 12.1 Å². The number of hydrogen-bond acceptors (Lipinski definition) is 1. The first-order valence-corrected chi connectivity index (χ1v) is 13.0. The number of carbonyl (C=O) groups excluding carboxylic acids is 1. The lowest BCUT2D eigenvalue weighted by atomic mass is 10.0. The first kappa shape index (κ1) is 24.3. The van der Waals surface area contributed by atoms with E-state index in [9.17, 15) is 9.18 Å². The lowest BCUT2D eigenvalue weighted by molar-refractivity contribution is 0.104. The average molecular weight is 508 g/mol. The molecule has 0 atom stereocenters. The fourth-order valence-electron chi connectivity index (χ4n) is 5.06. The van der Waals surface area contributed by atoms with Crippen LogP contribution in [0.3, 0.4) is 0 Å². The minimum atomic E-state index is -0.282. The van der Waals surface area contributed by atoms with Gasteiger partial charge in [-0.2, -0.15) is 0 Å². The number of ketones is 1. The Labute approximate surface area is 227 Å². The Morgan fingerprint density at radius 2 is 1.23 bits per heavy atom. The third kappa shape index (κ3) is 5.07. The second kappa shape index (κ2) is 10.8. The van der Waals surface area contributed by atoms with Crippen molar-refractivity contribution < 1.29 is 9.18 Å². The van der Waals surface area contributed by atoms with Gasteiger partial charge in [-0.3, -0.25) is 4.79 Å². The number of halogens is 1. The predicted octanol–water partition coefficient (Wildman–Crippen LogP) is 9.06.